The predicted octanol–water partition coefficient (Wildman–Crippen LogP) is 3.12. The second kappa shape index (κ2) is 4.63. The minimum Gasteiger partial charge on any atom is -0.273 e. The lowest BCUT2D eigenvalue weighted by Crippen LogP contribution is -2.45. The van der Waals surface area contributed by atoms with E-state index < -0.39 is 5.54 Å². The fourth-order valence-electron chi connectivity index (χ4n) is 2.49. The molecule has 2 aliphatic rings. The maximum absolute atomic E-state index is 9.40. The van der Waals surface area contributed by atoms with Gasteiger partial charge in [-0.15, -0.1) is 0 Å². The van der Waals surface area contributed by atoms with Crippen LogP contribution in [0.4, 0.5) is 0 Å². The monoisotopic (exact) mass is 308 g/mol. The van der Waals surface area contributed by atoms with E-state index in [4.69, 9.17) is 9.68 Å². The SMILES string of the molecule is N#CC12CCCON1OC(c1ccc(Br)cc1)C2. The summed E-state index contributed by atoms with van der Waals surface area (Å²) >= 11 is 3.41. The summed E-state index contributed by atoms with van der Waals surface area (Å²) in [5, 5.41) is 10.8. The van der Waals surface area contributed by atoms with E-state index in [2.05, 4.69) is 22.0 Å². The third kappa shape index (κ3) is 1.95. The van der Waals surface area contributed by atoms with Crippen LogP contribution in [-0.4, -0.2) is 17.4 Å². The van der Waals surface area contributed by atoms with E-state index in [9.17, 15) is 5.26 Å². The maximum Gasteiger partial charge on any atom is 0.162 e. The van der Waals surface area contributed by atoms with E-state index in [1.807, 2.05) is 24.3 Å². The molecule has 94 valence electrons. The molecule has 2 aliphatic heterocycles. The minimum atomic E-state index is -0.615. The zero-order chi connectivity index (χ0) is 12.6. The van der Waals surface area contributed by atoms with Gasteiger partial charge in [-0.05, 0) is 35.8 Å². The van der Waals surface area contributed by atoms with Gasteiger partial charge >= 0.3 is 0 Å². The topological polar surface area (TPSA) is 45.5 Å². The molecular formula is C13H13BrN2O2. The lowest BCUT2D eigenvalue weighted by Gasteiger charge is -2.32. The molecule has 5 heteroatoms. The van der Waals surface area contributed by atoms with Gasteiger partial charge in [0.15, 0.2) is 5.54 Å². The van der Waals surface area contributed by atoms with Crippen molar-refractivity contribution in [1.29, 1.82) is 5.26 Å². The number of halogens is 1. The highest BCUT2D eigenvalue weighted by molar-refractivity contribution is 9.10. The number of nitriles is 1. The van der Waals surface area contributed by atoms with Crippen molar-refractivity contribution in [1.82, 2.24) is 5.23 Å². The Labute approximate surface area is 114 Å². The Balaban J connectivity index is 1.85. The van der Waals surface area contributed by atoms with Crippen molar-refractivity contribution in [3.8, 4) is 6.07 Å². The minimum absolute atomic E-state index is 0.101. The molecule has 1 aromatic carbocycles. The predicted molar refractivity (Wildman–Crippen MR) is 68.0 cm³/mol. The number of benzene rings is 1. The third-order valence-electron chi connectivity index (χ3n) is 3.49. The first-order valence-electron chi connectivity index (χ1n) is 6.00. The number of nitrogens with zero attached hydrogens (tertiary/aromatic N) is 2. The summed E-state index contributed by atoms with van der Waals surface area (Å²) in [5.41, 5.74) is 0.460. The Morgan fingerprint density at radius 3 is 2.83 bits per heavy atom. The van der Waals surface area contributed by atoms with E-state index >= 15 is 0 Å². The summed E-state index contributed by atoms with van der Waals surface area (Å²) in [6.07, 6.45) is 2.26. The summed E-state index contributed by atoms with van der Waals surface area (Å²) in [6.45, 7) is 0.622. The standard InChI is InChI=1S/C13H13BrN2O2/c14-11-4-2-10(3-5-11)12-8-13(9-15)6-1-7-17-16(13)18-12/h2-5,12H,1,6-8H2. The van der Waals surface area contributed by atoms with E-state index in [0.29, 0.717) is 13.0 Å². The van der Waals surface area contributed by atoms with Crippen LogP contribution in [0, 0.1) is 11.3 Å². The van der Waals surface area contributed by atoms with Crippen LogP contribution in [0.2, 0.25) is 0 Å². The molecule has 0 saturated carbocycles. The van der Waals surface area contributed by atoms with Gasteiger partial charge in [0.05, 0.1) is 12.7 Å². The lowest BCUT2D eigenvalue weighted by molar-refractivity contribution is -0.396. The Bertz CT molecular complexity index is 485. The van der Waals surface area contributed by atoms with Crippen molar-refractivity contribution in [2.45, 2.75) is 30.9 Å². The third-order valence-corrected chi connectivity index (χ3v) is 4.02. The molecule has 2 fully saturated rings. The van der Waals surface area contributed by atoms with E-state index in [1.54, 1.807) is 0 Å². The molecule has 18 heavy (non-hydrogen) atoms. The zero-order valence-electron chi connectivity index (χ0n) is 9.80. The average molecular weight is 309 g/mol. The fraction of sp³-hybridized carbons (Fsp3) is 0.462. The van der Waals surface area contributed by atoms with Crippen LogP contribution in [0.5, 0.6) is 0 Å². The van der Waals surface area contributed by atoms with Crippen LogP contribution in [-0.2, 0) is 9.68 Å². The van der Waals surface area contributed by atoms with E-state index in [1.165, 1.54) is 5.23 Å². The smallest absolute Gasteiger partial charge is 0.162 e. The van der Waals surface area contributed by atoms with Crippen molar-refractivity contribution in [2.75, 3.05) is 6.61 Å². The first kappa shape index (κ1) is 12.1. The first-order chi connectivity index (χ1) is 8.73. The van der Waals surface area contributed by atoms with Crippen LogP contribution in [0.3, 0.4) is 0 Å². The van der Waals surface area contributed by atoms with Crippen LogP contribution in [0.25, 0.3) is 0 Å². The van der Waals surface area contributed by atoms with Crippen LogP contribution >= 0.6 is 15.9 Å². The normalized spacial score (nSPS) is 31.9. The molecule has 0 aliphatic carbocycles. The summed E-state index contributed by atoms with van der Waals surface area (Å²) in [5.74, 6) is 0. The fourth-order valence-corrected chi connectivity index (χ4v) is 2.76. The van der Waals surface area contributed by atoms with Gasteiger partial charge < -0.3 is 0 Å². The molecule has 0 amide bonds. The van der Waals surface area contributed by atoms with Gasteiger partial charge in [0, 0.05) is 10.9 Å². The first-order valence-corrected chi connectivity index (χ1v) is 6.79. The Hall–Kier alpha value is -0.930. The second-order valence-corrected chi connectivity index (χ2v) is 5.60. The largest absolute Gasteiger partial charge is 0.273 e. The number of hydrogen-bond acceptors (Lipinski definition) is 4. The quantitative estimate of drug-likeness (QED) is 0.799. The molecule has 0 radical (unpaired) electrons. The second-order valence-electron chi connectivity index (χ2n) is 4.69. The number of rotatable bonds is 1. The number of fused-ring (bicyclic) bond motifs is 1. The Morgan fingerprint density at radius 2 is 2.17 bits per heavy atom. The summed E-state index contributed by atoms with van der Waals surface area (Å²) in [7, 11) is 0. The molecule has 3 rings (SSSR count). The molecule has 1 aromatic rings. The van der Waals surface area contributed by atoms with Gasteiger partial charge in [0.2, 0.25) is 0 Å². The van der Waals surface area contributed by atoms with Crippen molar-refractivity contribution < 1.29 is 9.68 Å². The van der Waals surface area contributed by atoms with Crippen LogP contribution < -0.4 is 0 Å². The Morgan fingerprint density at radius 1 is 1.39 bits per heavy atom. The van der Waals surface area contributed by atoms with Crippen molar-refractivity contribution in [2.24, 2.45) is 0 Å². The summed E-state index contributed by atoms with van der Waals surface area (Å²) in [4.78, 5) is 11.2. The molecular weight excluding hydrogens is 296 g/mol. The van der Waals surface area contributed by atoms with Crippen molar-refractivity contribution in [3.05, 3.63) is 34.3 Å². The average Bonchev–Trinajstić information content (AvgIpc) is 2.79. The summed E-state index contributed by atoms with van der Waals surface area (Å²) in [6, 6.07) is 10.3. The highest BCUT2D eigenvalue weighted by Crippen LogP contribution is 2.44. The highest BCUT2D eigenvalue weighted by atomic mass is 79.9. The maximum atomic E-state index is 9.40. The van der Waals surface area contributed by atoms with Gasteiger partial charge in [-0.1, -0.05) is 28.1 Å². The van der Waals surface area contributed by atoms with Crippen molar-refractivity contribution >= 4 is 15.9 Å². The van der Waals surface area contributed by atoms with E-state index in [0.717, 1.165) is 22.9 Å². The lowest BCUT2D eigenvalue weighted by atomic mass is 9.88. The molecule has 0 bridgehead atoms. The molecule has 2 heterocycles. The molecule has 2 atom stereocenters. The van der Waals surface area contributed by atoms with Crippen LogP contribution in [0.1, 0.15) is 30.9 Å². The van der Waals surface area contributed by atoms with Gasteiger partial charge in [-0.2, -0.15) is 5.26 Å². The molecule has 0 N–H and O–H groups in total. The van der Waals surface area contributed by atoms with E-state index in [-0.39, 0.29) is 6.10 Å². The molecule has 0 aromatic heterocycles. The number of hydrogen-bond donors (Lipinski definition) is 0. The van der Waals surface area contributed by atoms with Gasteiger partial charge in [0.25, 0.3) is 0 Å². The van der Waals surface area contributed by atoms with Crippen LogP contribution in [0.15, 0.2) is 28.7 Å². The van der Waals surface area contributed by atoms with Gasteiger partial charge in [-0.25, -0.2) is 0 Å². The molecule has 2 saturated heterocycles. The number of hydroxylamine groups is 2. The zero-order valence-corrected chi connectivity index (χ0v) is 11.4. The summed E-state index contributed by atoms with van der Waals surface area (Å²) < 4.78 is 1.04. The highest BCUT2D eigenvalue weighted by Gasteiger charge is 2.51. The Kier molecular flexibility index (Phi) is 3.12. The molecule has 4 nitrogen and oxygen atoms in total. The van der Waals surface area contributed by atoms with Gasteiger partial charge in [0.1, 0.15) is 6.10 Å². The van der Waals surface area contributed by atoms with Gasteiger partial charge in [-0.3, -0.25) is 9.68 Å². The molecule has 0 spiro atoms. The molecule has 2 unspecified atom stereocenters. The van der Waals surface area contributed by atoms with Crippen molar-refractivity contribution in [3.63, 3.8) is 0 Å².